The lowest BCUT2D eigenvalue weighted by molar-refractivity contribution is -0.137. The van der Waals surface area contributed by atoms with Crippen LogP contribution in [0.2, 0.25) is 0 Å². The number of nitrogens with one attached hydrogen (secondary N) is 1. The number of hydrogen-bond acceptors (Lipinski definition) is 4. The summed E-state index contributed by atoms with van der Waals surface area (Å²) >= 11 is 0. The van der Waals surface area contributed by atoms with Gasteiger partial charge in [0, 0.05) is 31.5 Å². The fourth-order valence-electron chi connectivity index (χ4n) is 1.70. The van der Waals surface area contributed by atoms with E-state index in [1.165, 1.54) is 23.1 Å². The Labute approximate surface area is 113 Å². The standard InChI is InChI=1S/C12H13F3N4O/c1-19-7-8(5-18-19)10(20)6-17-11-9(12(13,14)15)3-2-4-16-11/h2-5,7,10,20H,6H2,1H3,(H,16,17). The summed E-state index contributed by atoms with van der Waals surface area (Å²) in [6.45, 7) is -0.0915. The van der Waals surface area contributed by atoms with Crippen LogP contribution >= 0.6 is 0 Å². The predicted molar refractivity (Wildman–Crippen MR) is 65.9 cm³/mol. The molecule has 0 aliphatic rings. The lowest BCUT2D eigenvalue weighted by Gasteiger charge is -2.15. The number of halogens is 3. The number of alkyl halides is 3. The molecule has 0 saturated carbocycles. The summed E-state index contributed by atoms with van der Waals surface area (Å²) in [7, 11) is 1.68. The van der Waals surface area contributed by atoms with Gasteiger partial charge in [0.15, 0.2) is 0 Å². The maximum absolute atomic E-state index is 12.7. The van der Waals surface area contributed by atoms with Gasteiger partial charge < -0.3 is 10.4 Å². The van der Waals surface area contributed by atoms with Crippen molar-refractivity contribution in [2.24, 2.45) is 7.05 Å². The van der Waals surface area contributed by atoms with Crippen molar-refractivity contribution in [3.05, 3.63) is 41.9 Å². The van der Waals surface area contributed by atoms with Crippen molar-refractivity contribution >= 4 is 5.82 Å². The molecule has 2 rings (SSSR count). The zero-order chi connectivity index (χ0) is 14.8. The van der Waals surface area contributed by atoms with Crippen molar-refractivity contribution < 1.29 is 18.3 Å². The van der Waals surface area contributed by atoms with Crippen LogP contribution < -0.4 is 5.32 Å². The van der Waals surface area contributed by atoms with Gasteiger partial charge in [0.25, 0.3) is 0 Å². The van der Waals surface area contributed by atoms with Gasteiger partial charge in [-0.3, -0.25) is 4.68 Å². The lowest BCUT2D eigenvalue weighted by Crippen LogP contribution is -2.17. The van der Waals surface area contributed by atoms with Crippen molar-refractivity contribution in [2.75, 3.05) is 11.9 Å². The molecule has 2 aromatic heterocycles. The quantitative estimate of drug-likeness (QED) is 0.902. The van der Waals surface area contributed by atoms with E-state index in [1.54, 1.807) is 13.2 Å². The number of aryl methyl sites for hydroxylation is 1. The Bertz CT molecular complexity index is 582. The Morgan fingerprint density at radius 2 is 2.20 bits per heavy atom. The summed E-state index contributed by atoms with van der Waals surface area (Å²) in [4.78, 5) is 3.65. The van der Waals surface area contributed by atoms with Crippen LogP contribution in [0.4, 0.5) is 19.0 Å². The average molecular weight is 286 g/mol. The van der Waals surface area contributed by atoms with Crippen molar-refractivity contribution in [1.29, 1.82) is 0 Å². The Morgan fingerprint density at radius 3 is 2.80 bits per heavy atom. The molecule has 0 spiro atoms. The van der Waals surface area contributed by atoms with E-state index >= 15 is 0 Å². The van der Waals surface area contributed by atoms with Gasteiger partial charge in [-0.1, -0.05) is 0 Å². The minimum Gasteiger partial charge on any atom is -0.386 e. The number of pyridine rings is 1. The lowest BCUT2D eigenvalue weighted by atomic mass is 10.2. The summed E-state index contributed by atoms with van der Waals surface area (Å²) in [5.41, 5.74) is -0.345. The molecule has 2 N–H and O–H groups in total. The molecular formula is C12H13F3N4O. The van der Waals surface area contributed by atoms with Crippen molar-refractivity contribution in [2.45, 2.75) is 12.3 Å². The van der Waals surface area contributed by atoms with Crippen LogP contribution in [0, 0.1) is 0 Å². The second-order valence-electron chi connectivity index (χ2n) is 4.24. The number of aliphatic hydroxyl groups is 1. The molecular weight excluding hydrogens is 273 g/mol. The molecule has 108 valence electrons. The number of hydrogen-bond donors (Lipinski definition) is 2. The van der Waals surface area contributed by atoms with E-state index < -0.39 is 17.8 Å². The van der Waals surface area contributed by atoms with E-state index in [0.717, 1.165) is 6.07 Å². The fourth-order valence-corrected chi connectivity index (χ4v) is 1.70. The summed E-state index contributed by atoms with van der Waals surface area (Å²) in [6, 6.07) is 2.15. The first-order chi connectivity index (χ1) is 9.38. The van der Waals surface area contributed by atoms with Gasteiger partial charge in [0.2, 0.25) is 0 Å². The molecule has 1 atom stereocenters. The summed E-state index contributed by atoms with van der Waals surface area (Å²) in [6.07, 6.45) is -1.15. The third-order valence-electron chi connectivity index (χ3n) is 2.69. The van der Waals surface area contributed by atoms with E-state index in [1.807, 2.05) is 0 Å². The normalized spacial score (nSPS) is 13.2. The third-order valence-corrected chi connectivity index (χ3v) is 2.69. The zero-order valence-corrected chi connectivity index (χ0v) is 10.6. The van der Waals surface area contributed by atoms with Gasteiger partial charge in [0.05, 0.1) is 17.9 Å². The summed E-state index contributed by atoms with van der Waals surface area (Å²) < 4.78 is 39.7. The average Bonchev–Trinajstić information content (AvgIpc) is 2.82. The smallest absolute Gasteiger partial charge is 0.386 e. The summed E-state index contributed by atoms with van der Waals surface area (Å²) in [5, 5.41) is 16.3. The number of aliphatic hydroxyl groups excluding tert-OH is 1. The van der Waals surface area contributed by atoms with Gasteiger partial charge in [-0.05, 0) is 12.1 Å². The number of nitrogens with zero attached hydrogens (tertiary/aromatic N) is 3. The molecule has 0 aliphatic heterocycles. The van der Waals surface area contributed by atoms with Gasteiger partial charge >= 0.3 is 6.18 Å². The van der Waals surface area contributed by atoms with Crippen LogP contribution in [0.3, 0.4) is 0 Å². The first-order valence-electron chi connectivity index (χ1n) is 5.80. The zero-order valence-electron chi connectivity index (χ0n) is 10.6. The molecule has 8 heteroatoms. The molecule has 5 nitrogen and oxygen atoms in total. The van der Waals surface area contributed by atoms with Gasteiger partial charge in [-0.15, -0.1) is 0 Å². The first kappa shape index (κ1) is 14.3. The topological polar surface area (TPSA) is 63.0 Å². The Hall–Kier alpha value is -2.09. The SMILES string of the molecule is Cn1cc(C(O)CNc2ncccc2C(F)(F)F)cn1. The molecule has 0 bridgehead atoms. The van der Waals surface area contributed by atoms with Crippen LogP contribution in [0.1, 0.15) is 17.2 Å². The maximum Gasteiger partial charge on any atom is 0.419 e. The Balaban J connectivity index is 2.08. The van der Waals surface area contributed by atoms with E-state index in [9.17, 15) is 18.3 Å². The molecule has 0 saturated heterocycles. The third kappa shape index (κ3) is 3.27. The first-order valence-corrected chi connectivity index (χ1v) is 5.80. The van der Waals surface area contributed by atoms with Crippen LogP contribution in [-0.2, 0) is 13.2 Å². The van der Waals surface area contributed by atoms with E-state index in [4.69, 9.17) is 0 Å². The molecule has 0 amide bonds. The highest BCUT2D eigenvalue weighted by Crippen LogP contribution is 2.33. The minimum absolute atomic E-state index is 0.0915. The van der Waals surface area contributed by atoms with Crippen molar-refractivity contribution in [3.63, 3.8) is 0 Å². The highest BCUT2D eigenvalue weighted by Gasteiger charge is 2.34. The molecule has 0 radical (unpaired) electrons. The van der Waals surface area contributed by atoms with E-state index in [0.29, 0.717) is 5.56 Å². The maximum atomic E-state index is 12.7. The van der Waals surface area contributed by atoms with E-state index in [-0.39, 0.29) is 12.4 Å². The van der Waals surface area contributed by atoms with Crippen molar-refractivity contribution in [1.82, 2.24) is 14.8 Å². The summed E-state index contributed by atoms with van der Waals surface area (Å²) in [5.74, 6) is -0.303. The number of aromatic nitrogens is 3. The van der Waals surface area contributed by atoms with Crippen LogP contribution in [-0.4, -0.2) is 26.4 Å². The fraction of sp³-hybridized carbons (Fsp3) is 0.333. The minimum atomic E-state index is -4.49. The molecule has 0 aliphatic carbocycles. The molecule has 0 aromatic carbocycles. The molecule has 0 fully saturated rings. The van der Waals surface area contributed by atoms with Crippen LogP contribution in [0.15, 0.2) is 30.7 Å². The van der Waals surface area contributed by atoms with Gasteiger partial charge in [0.1, 0.15) is 5.82 Å². The number of rotatable bonds is 4. The van der Waals surface area contributed by atoms with Crippen LogP contribution in [0.25, 0.3) is 0 Å². The second kappa shape index (κ2) is 5.49. The highest BCUT2D eigenvalue weighted by molar-refractivity contribution is 5.45. The monoisotopic (exact) mass is 286 g/mol. The van der Waals surface area contributed by atoms with Crippen LogP contribution in [0.5, 0.6) is 0 Å². The highest BCUT2D eigenvalue weighted by atomic mass is 19.4. The van der Waals surface area contributed by atoms with E-state index in [2.05, 4.69) is 15.4 Å². The van der Waals surface area contributed by atoms with Crippen molar-refractivity contribution in [3.8, 4) is 0 Å². The predicted octanol–water partition coefficient (Wildman–Crippen LogP) is 1.98. The molecule has 1 unspecified atom stereocenters. The Morgan fingerprint density at radius 1 is 1.45 bits per heavy atom. The second-order valence-corrected chi connectivity index (χ2v) is 4.24. The van der Waals surface area contributed by atoms with Gasteiger partial charge in [-0.25, -0.2) is 4.98 Å². The Kier molecular flexibility index (Phi) is 3.93. The molecule has 20 heavy (non-hydrogen) atoms. The number of anilines is 1. The van der Waals surface area contributed by atoms with Gasteiger partial charge in [-0.2, -0.15) is 18.3 Å². The molecule has 2 heterocycles. The molecule has 2 aromatic rings. The largest absolute Gasteiger partial charge is 0.419 e.